The number of aryl methyl sites for hydroxylation is 2. The monoisotopic (exact) mass is 266 g/mol. The molecule has 0 fully saturated rings. The topological polar surface area (TPSA) is 53.6 Å². The van der Waals surface area contributed by atoms with Crippen LogP contribution in [0.5, 0.6) is 0 Å². The van der Waals surface area contributed by atoms with Crippen LogP contribution in [0, 0.1) is 13.8 Å². The lowest BCUT2D eigenvalue weighted by Gasteiger charge is -2.07. The highest BCUT2D eigenvalue weighted by atomic mass is 15.0. The van der Waals surface area contributed by atoms with Gasteiger partial charge in [0.15, 0.2) is 0 Å². The molecule has 0 aliphatic carbocycles. The van der Waals surface area contributed by atoms with Gasteiger partial charge in [-0.25, -0.2) is 9.97 Å². The quantitative estimate of drug-likeness (QED) is 0.766. The van der Waals surface area contributed by atoms with Crippen molar-refractivity contribution in [2.75, 3.05) is 7.05 Å². The summed E-state index contributed by atoms with van der Waals surface area (Å²) < 4.78 is 0. The van der Waals surface area contributed by atoms with Crippen molar-refractivity contribution in [1.82, 2.24) is 20.3 Å². The van der Waals surface area contributed by atoms with Crippen molar-refractivity contribution in [2.24, 2.45) is 0 Å². The van der Waals surface area contributed by atoms with E-state index < -0.39 is 0 Å². The van der Waals surface area contributed by atoms with Crippen LogP contribution >= 0.6 is 0 Å². The third-order valence-corrected chi connectivity index (χ3v) is 3.42. The van der Waals surface area contributed by atoms with Gasteiger partial charge in [-0.1, -0.05) is 29.8 Å². The van der Waals surface area contributed by atoms with E-state index in [0.29, 0.717) is 0 Å². The van der Waals surface area contributed by atoms with Gasteiger partial charge in [0.25, 0.3) is 0 Å². The molecule has 3 aromatic rings. The Balaban J connectivity index is 2.26. The minimum Gasteiger partial charge on any atom is -0.346 e. The zero-order chi connectivity index (χ0) is 14.1. The van der Waals surface area contributed by atoms with Crippen molar-refractivity contribution in [3.8, 4) is 11.3 Å². The summed E-state index contributed by atoms with van der Waals surface area (Å²) in [6, 6.07) is 8.46. The molecular formula is C16H18N4. The van der Waals surface area contributed by atoms with Crippen LogP contribution in [0.25, 0.3) is 22.3 Å². The molecule has 2 aromatic heterocycles. The number of fused-ring (bicyclic) bond motifs is 1. The van der Waals surface area contributed by atoms with Crippen molar-refractivity contribution in [2.45, 2.75) is 20.4 Å². The number of benzene rings is 1. The third kappa shape index (κ3) is 2.18. The molecule has 0 amide bonds. The Morgan fingerprint density at radius 3 is 2.55 bits per heavy atom. The number of hydrogen-bond acceptors (Lipinski definition) is 3. The minimum atomic E-state index is 0.783. The maximum Gasteiger partial charge on any atom is 0.141 e. The molecular weight excluding hydrogens is 248 g/mol. The summed E-state index contributed by atoms with van der Waals surface area (Å²) in [7, 11) is 1.94. The first kappa shape index (κ1) is 12.8. The predicted octanol–water partition coefficient (Wildman–Crippen LogP) is 2.96. The molecule has 1 aromatic carbocycles. The van der Waals surface area contributed by atoms with E-state index >= 15 is 0 Å². The Kier molecular flexibility index (Phi) is 3.24. The number of rotatable bonds is 3. The molecule has 0 radical (unpaired) electrons. The van der Waals surface area contributed by atoms with Crippen LogP contribution in [0.2, 0.25) is 0 Å². The number of nitrogens with zero attached hydrogens (tertiary/aromatic N) is 2. The van der Waals surface area contributed by atoms with Crippen LogP contribution in [0.15, 0.2) is 30.5 Å². The highest BCUT2D eigenvalue weighted by Gasteiger charge is 2.13. The lowest BCUT2D eigenvalue weighted by Crippen LogP contribution is -2.05. The first-order valence-corrected chi connectivity index (χ1v) is 6.75. The van der Waals surface area contributed by atoms with Crippen LogP contribution in [0.4, 0.5) is 0 Å². The van der Waals surface area contributed by atoms with Crippen LogP contribution < -0.4 is 5.32 Å². The second kappa shape index (κ2) is 5.06. The highest BCUT2D eigenvalue weighted by Crippen LogP contribution is 2.28. The molecule has 0 unspecified atom stereocenters. The molecule has 0 aliphatic heterocycles. The maximum atomic E-state index is 4.66. The smallest absolute Gasteiger partial charge is 0.141 e. The minimum absolute atomic E-state index is 0.783. The van der Waals surface area contributed by atoms with Gasteiger partial charge < -0.3 is 10.3 Å². The highest BCUT2D eigenvalue weighted by molar-refractivity contribution is 5.93. The van der Waals surface area contributed by atoms with E-state index in [9.17, 15) is 0 Å². The number of hydrogen-bond donors (Lipinski definition) is 2. The summed E-state index contributed by atoms with van der Waals surface area (Å²) in [5.74, 6) is 0.783. The Morgan fingerprint density at radius 2 is 1.85 bits per heavy atom. The molecule has 0 saturated carbocycles. The van der Waals surface area contributed by atoms with Crippen molar-refractivity contribution in [3.05, 3.63) is 47.4 Å². The van der Waals surface area contributed by atoms with E-state index in [1.54, 1.807) is 0 Å². The van der Waals surface area contributed by atoms with Crippen molar-refractivity contribution < 1.29 is 0 Å². The fourth-order valence-electron chi connectivity index (χ4n) is 2.46. The van der Waals surface area contributed by atoms with Gasteiger partial charge in [-0.05, 0) is 26.5 Å². The first-order valence-electron chi connectivity index (χ1n) is 6.75. The second-order valence-corrected chi connectivity index (χ2v) is 5.05. The second-order valence-electron chi connectivity index (χ2n) is 5.05. The number of nitrogens with one attached hydrogen (secondary N) is 2. The van der Waals surface area contributed by atoms with E-state index in [-0.39, 0.29) is 0 Å². The van der Waals surface area contributed by atoms with Gasteiger partial charge >= 0.3 is 0 Å². The molecule has 4 nitrogen and oxygen atoms in total. The van der Waals surface area contributed by atoms with Gasteiger partial charge in [-0.15, -0.1) is 0 Å². The summed E-state index contributed by atoms with van der Waals surface area (Å²) in [4.78, 5) is 12.4. The Morgan fingerprint density at radius 1 is 1.10 bits per heavy atom. The zero-order valence-corrected chi connectivity index (χ0v) is 12.0. The van der Waals surface area contributed by atoms with Crippen LogP contribution in [0.1, 0.15) is 17.0 Å². The van der Waals surface area contributed by atoms with E-state index in [2.05, 4.69) is 51.5 Å². The molecule has 0 aliphatic rings. The van der Waals surface area contributed by atoms with E-state index in [4.69, 9.17) is 0 Å². The van der Waals surface area contributed by atoms with Crippen LogP contribution in [-0.4, -0.2) is 22.0 Å². The van der Waals surface area contributed by atoms with Gasteiger partial charge in [0.05, 0.1) is 5.69 Å². The maximum absolute atomic E-state index is 4.66. The molecule has 0 bridgehead atoms. The molecule has 2 heterocycles. The summed E-state index contributed by atoms with van der Waals surface area (Å²) in [5.41, 5.74) is 5.47. The normalized spacial score (nSPS) is 11.2. The molecule has 2 N–H and O–H groups in total. The first-order chi connectivity index (χ1) is 9.69. The Labute approximate surface area is 118 Å². The SMILES string of the molecule is CNCc1c[nH]c2nc(C)nc(-c3ccc(C)cc3)c12. The summed E-state index contributed by atoms with van der Waals surface area (Å²) in [6.07, 6.45) is 2.01. The molecule has 20 heavy (non-hydrogen) atoms. The fraction of sp³-hybridized carbons (Fsp3) is 0.250. The molecule has 102 valence electrons. The zero-order valence-electron chi connectivity index (χ0n) is 12.0. The molecule has 0 saturated heterocycles. The summed E-state index contributed by atoms with van der Waals surface area (Å²) in [6.45, 7) is 4.81. The fourth-order valence-corrected chi connectivity index (χ4v) is 2.46. The van der Waals surface area contributed by atoms with Gasteiger partial charge in [-0.2, -0.15) is 0 Å². The third-order valence-electron chi connectivity index (χ3n) is 3.42. The summed E-state index contributed by atoms with van der Waals surface area (Å²) >= 11 is 0. The Bertz CT molecular complexity index is 741. The van der Waals surface area contributed by atoms with Gasteiger partial charge in [0.2, 0.25) is 0 Å². The molecule has 4 heteroatoms. The van der Waals surface area contributed by atoms with Crippen LogP contribution in [-0.2, 0) is 6.54 Å². The van der Waals surface area contributed by atoms with E-state index in [1.165, 1.54) is 11.1 Å². The number of aromatic amines is 1. The lowest BCUT2D eigenvalue weighted by molar-refractivity contribution is 0.823. The lowest BCUT2D eigenvalue weighted by atomic mass is 10.0. The average Bonchev–Trinajstić information content (AvgIpc) is 2.82. The largest absolute Gasteiger partial charge is 0.346 e. The van der Waals surface area contributed by atoms with E-state index in [0.717, 1.165) is 34.7 Å². The number of aromatic nitrogens is 3. The van der Waals surface area contributed by atoms with Crippen molar-refractivity contribution >= 4 is 11.0 Å². The summed E-state index contributed by atoms with van der Waals surface area (Å²) in [5, 5.41) is 4.29. The van der Waals surface area contributed by atoms with Gasteiger partial charge in [-0.3, -0.25) is 0 Å². The van der Waals surface area contributed by atoms with Gasteiger partial charge in [0, 0.05) is 23.7 Å². The standard InChI is InChI=1S/C16H18N4/c1-10-4-6-12(7-5-10)15-14-13(8-17-3)9-18-16(14)20-11(2)19-15/h4-7,9,17H,8H2,1-3H3,(H,18,19,20). The predicted molar refractivity (Wildman–Crippen MR) is 81.6 cm³/mol. The number of H-pyrrole nitrogens is 1. The van der Waals surface area contributed by atoms with Crippen LogP contribution in [0.3, 0.4) is 0 Å². The van der Waals surface area contributed by atoms with Crippen molar-refractivity contribution in [1.29, 1.82) is 0 Å². The molecule has 0 spiro atoms. The van der Waals surface area contributed by atoms with E-state index in [1.807, 2.05) is 20.2 Å². The molecule has 3 rings (SSSR count). The van der Waals surface area contributed by atoms with Crippen molar-refractivity contribution in [3.63, 3.8) is 0 Å². The molecule has 0 atom stereocenters. The Hall–Kier alpha value is -2.20. The average molecular weight is 266 g/mol. The van der Waals surface area contributed by atoms with Gasteiger partial charge in [0.1, 0.15) is 11.5 Å².